The second-order valence-corrected chi connectivity index (χ2v) is 9.05. The van der Waals surface area contributed by atoms with E-state index in [2.05, 4.69) is 39.0 Å². The molecule has 6 rings (SSSR count). The molecule has 1 N–H and O–H groups in total. The van der Waals surface area contributed by atoms with E-state index in [0.717, 1.165) is 62.6 Å². The molecule has 31 heavy (non-hydrogen) atoms. The molecule has 0 radical (unpaired) electrons. The number of hydrogen-bond donors (Lipinski definition) is 1. The van der Waals surface area contributed by atoms with Gasteiger partial charge >= 0.3 is 0 Å². The topological polar surface area (TPSA) is 51.5 Å². The van der Waals surface area contributed by atoms with E-state index in [-0.39, 0.29) is 6.10 Å². The Bertz CT molecular complexity index is 1050. The number of fused-ring (bicyclic) bond motifs is 2. The number of para-hydroxylation sites is 4. The highest BCUT2D eigenvalue weighted by molar-refractivity contribution is 5.76. The van der Waals surface area contributed by atoms with Crippen molar-refractivity contribution in [2.75, 3.05) is 39.3 Å². The lowest BCUT2D eigenvalue weighted by atomic mass is 10.0. The Morgan fingerprint density at radius 1 is 0.968 bits per heavy atom. The summed E-state index contributed by atoms with van der Waals surface area (Å²) in [7, 11) is 0. The smallest absolute Gasteiger partial charge is 0.161 e. The lowest BCUT2D eigenvalue weighted by Crippen LogP contribution is -2.44. The van der Waals surface area contributed by atoms with Gasteiger partial charge in [-0.15, -0.1) is 0 Å². The molecule has 4 heterocycles. The normalized spacial score (nSPS) is 24.6. The van der Waals surface area contributed by atoms with E-state index in [1.807, 2.05) is 24.3 Å². The zero-order chi connectivity index (χ0) is 20.6. The van der Waals surface area contributed by atoms with Gasteiger partial charge in [0, 0.05) is 38.1 Å². The van der Waals surface area contributed by atoms with Crippen LogP contribution in [-0.2, 0) is 0 Å². The predicted molar refractivity (Wildman–Crippen MR) is 121 cm³/mol. The first-order valence-electron chi connectivity index (χ1n) is 11.6. The molecular formula is C25H30N4O2. The van der Waals surface area contributed by atoms with E-state index in [4.69, 9.17) is 14.5 Å². The molecule has 2 atom stereocenters. The molecule has 2 saturated heterocycles. The van der Waals surface area contributed by atoms with Crippen LogP contribution in [0.15, 0.2) is 48.5 Å². The highest BCUT2D eigenvalue weighted by atomic mass is 16.6. The molecule has 3 aliphatic rings. The summed E-state index contributed by atoms with van der Waals surface area (Å²) in [5, 5.41) is 3.52. The third-order valence-corrected chi connectivity index (χ3v) is 7.00. The summed E-state index contributed by atoms with van der Waals surface area (Å²) in [6.45, 7) is 5.86. The minimum atomic E-state index is 0.0978. The first-order chi connectivity index (χ1) is 15.3. The summed E-state index contributed by atoms with van der Waals surface area (Å²) < 4.78 is 14.7. The Labute approximate surface area is 183 Å². The molecule has 2 aromatic carbocycles. The number of nitrogens with one attached hydrogen (secondary N) is 1. The van der Waals surface area contributed by atoms with Crippen molar-refractivity contribution in [3.8, 4) is 11.5 Å². The monoisotopic (exact) mass is 418 g/mol. The minimum Gasteiger partial charge on any atom is -0.486 e. The van der Waals surface area contributed by atoms with E-state index in [9.17, 15) is 0 Å². The van der Waals surface area contributed by atoms with Gasteiger partial charge in [-0.2, -0.15) is 0 Å². The van der Waals surface area contributed by atoms with Crippen LogP contribution in [0.3, 0.4) is 0 Å². The number of likely N-dealkylation sites (tertiary alicyclic amines) is 1. The summed E-state index contributed by atoms with van der Waals surface area (Å²) in [5.41, 5.74) is 2.43. The molecule has 6 heteroatoms. The zero-order valence-electron chi connectivity index (χ0n) is 17.9. The molecule has 6 nitrogen and oxygen atoms in total. The molecule has 2 fully saturated rings. The first-order valence-corrected chi connectivity index (χ1v) is 11.6. The van der Waals surface area contributed by atoms with Crippen molar-refractivity contribution >= 4 is 11.0 Å². The van der Waals surface area contributed by atoms with Crippen molar-refractivity contribution in [1.82, 2.24) is 19.8 Å². The van der Waals surface area contributed by atoms with Crippen LogP contribution in [0.5, 0.6) is 11.5 Å². The van der Waals surface area contributed by atoms with Crippen LogP contribution in [0.4, 0.5) is 0 Å². The second kappa shape index (κ2) is 8.17. The molecule has 162 valence electrons. The molecule has 0 amide bonds. The van der Waals surface area contributed by atoms with Crippen molar-refractivity contribution in [2.45, 2.75) is 37.3 Å². The Morgan fingerprint density at radius 3 is 2.61 bits per heavy atom. The Balaban J connectivity index is 1.15. The number of ether oxygens (including phenoxy) is 2. The molecule has 3 aliphatic heterocycles. The van der Waals surface area contributed by atoms with Gasteiger partial charge in [0.25, 0.3) is 0 Å². The van der Waals surface area contributed by atoms with Crippen molar-refractivity contribution in [3.63, 3.8) is 0 Å². The molecule has 2 unspecified atom stereocenters. The van der Waals surface area contributed by atoms with Crippen LogP contribution >= 0.6 is 0 Å². The quantitative estimate of drug-likeness (QED) is 0.702. The number of rotatable bonds is 4. The maximum Gasteiger partial charge on any atom is 0.161 e. The number of nitrogens with zero attached hydrogens (tertiary/aromatic N) is 3. The maximum absolute atomic E-state index is 6.19. The standard InChI is InChI=1S/C25H30N4O2/c1-2-6-22-21(5-1)27-25(18-9-12-26-15-18)29(22)19-10-13-28(14-11-19)16-20-17-30-23-7-3-4-8-24(23)31-20/h1-8,18-20,26H,9-17H2. The number of aromatic nitrogens is 2. The van der Waals surface area contributed by atoms with Crippen molar-refractivity contribution in [2.24, 2.45) is 0 Å². The van der Waals surface area contributed by atoms with Gasteiger partial charge < -0.3 is 19.4 Å². The molecule has 0 aliphatic carbocycles. The third-order valence-electron chi connectivity index (χ3n) is 7.00. The van der Waals surface area contributed by atoms with E-state index >= 15 is 0 Å². The van der Waals surface area contributed by atoms with E-state index < -0.39 is 0 Å². The Morgan fingerprint density at radius 2 is 1.77 bits per heavy atom. The van der Waals surface area contributed by atoms with Crippen molar-refractivity contribution < 1.29 is 9.47 Å². The van der Waals surface area contributed by atoms with Crippen LogP contribution < -0.4 is 14.8 Å². The molecule has 1 aromatic heterocycles. The molecule has 0 saturated carbocycles. The van der Waals surface area contributed by atoms with Gasteiger partial charge in [-0.05, 0) is 50.1 Å². The van der Waals surface area contributed by atoms with Crippen LogP contribution in [0.2, 0.25) is 0 Å². The van der Waals surface area contributed by atoms with Crippen LogP contribution in [-0.4, -0.2) is 59.9 Å². The SMILES string of the molecule is c1ccc2c(c1)OCC(CN1CCC(n3c(C4CCNC4)nc4ccccc43)CC1)O2. The summed E-state index contributed by atoms with van der Waals surface area (Å²) in [5.74, 6) is 3.54. The fourth-order valence-corrected chi connectivity index (χ4v) is 5.41. The lowest BCUT2D eigenvalue weighted by Gasteiger charge is -2.36. The van der Waals surface area contributed by atoms with E-state index in [1.165, 1.54) is 17.8 Å². The van der Waals surface area contributed by atoms with Gasteiger partial charge in [-0.1, -0.05) is 24.3 Å². The zero-order valence-corrected chi connectivity index (χ0v) is 17.9. The summed E-state index contributed by atoms with van der Waals surface area (Å²) in [4.78, 5) is 7.61. The number of piperidine rings is 1. The first kappa shape index (κ1) is 19.1. The van der Waals surface area contributed by atoms with Crippen LogP contribution in [0.25, 0.3) is 11.0 Å². The van der Waals surface area contributed by atoms with Crippen molar-refractivity contribution in [1.29, 1.82) is 0 Å². The molecule has 0 spiro atoms. The summed E-state index contributed by atoms with van der Waals surface area (Å²) >= 11 is 0. The molecular weight excluding hydrogens is 388 g/mol. The fraction of sp³-hybridized carbons (Fsp3) is 0.480. The fourth-order valence-electron chi connectivity index (χ4n) is 5.41. The highest BCUT2D eigenvalue weighted by Crippen LogP contribution is 2.34. The van der Waals surface area contributed by atoms with Crippen LogP contribution in [0, 0.1) is 0 Å². The minimum absolute atomic E-state index is 0.0978. The van der Waals surface area contributed by atoms with Crippen molar-refractivity contribution in [3.05, 3.63) is 54.4 Å². The predicted octanol–water partition coefficient (Wildman–Crippen LogP) is 3.59. The highest BCUT2D eigenvalue weighted by Gasteiger charge is 2.30. The summed E-state index contributed by atoms with van der Waals surface area (Å²) in [6.07, 6.45) is 3.58. The average Bonchev–Trinajstić information content (AvgIpc) is 3.48. The third kappa shape index (κ3) is 3.68. The van der Waals surface area contributed by atoms with Gasteiger partial charge in [-0.25, -0.2) is 4.98 Å². The van der Waals surface area contributed by atoms with Gasteiger partial charge in [0.1, 0.15) is 18.5 Å². The Hall–Kier alpha value is -2.57. The van der Waals surface area contributed by atoms with Crippen LogP contribution in [0.1, 0.15) is 37.0 Å². The van der Waals surface area contributed by atoms with E-state index in [1.54, 1.807) is 0 Å². The lowest BCUT2D eigenvalue weighted by molar-refractivity contribution is 0.0485. The molecule has 3 aromatic rings. The van der Waals surface area contributed by atoms with Gasteiger partial charge in [-0.3, -0.25) is 4.90 Å². The number of hydrogen-bond acceptors (Lipinski definition) is 5. The largest absolute Gasteiger partial charge is 0.486 e. The Kier molecular flexibility index (Phi) is 5.04. The average molecular weight is 419 g/mol. The number of benzene rings is 2. The van der Waals surface area contributed by atoms with Gasteiger partial charge in [0.2, 0.25) is 0 Å². The maximum atomic E-state index is 6.19. The van der Waals surface area contributed by atoms with Gasteiger partial charge in [0.05, 0.1) is 11.0 Å². The molecule has 0 bridgehead atoms. The van der Waals surface area contributed by atoms with Gasteiger partial charge in [0.15, 0.2) is 11.5 Å². The van der Waals surface area contributed by atoms with E-state index in [0.29, 0.717) is 18.6 Å². The number of imidazole rings is 1. The second-order valence-electron chi connectivity index (χ2n) is 9.05. The summed E-state index contributed by atoms with van der Waals surface area (Å²) in [6, 6.07) is 17.1.